The highest BCUT2D eigenvalue weighted by molar-refractivity contribution is 5.89. The molecule has 2 aliphatic heterocycles. The molecule has 2 aromatic carbocycles. The molecule has 2 aliphatic rings. The molecule has 4 rings (SSSR count). The fourth-order valence-electron chi connectivity index (χ4n) is 4.62. The van der Waals surface area contributed by atoms with Crippen molar-refractivity contribution < 1.29 is 24.2 Å². The van der Waals surface area contributed by atoms with Crippen LogP contribution in [0.15, 0.2) is 60.7 Å². The predicted octanol–water partition coefficient (Wildman–Crippen LogP) is 3.10. The van der Waals surface area contributed by atoms with Crippen molar-refractivity contribution in [1.29, 1.82) is 0 Å². The van der Waals surface area contributed by atoms with Crippen LogP contribution in [-0.4, -0.2) is 66.1 Å². The zero-order valence-corrected chi connectivity index (χ0v) is 19.4. The summed E-state index contributed by atoms with van der Waals surface area (Å²) < 4.78 is 11.9. The highest BCUT2D eigenvalue weighted by atomic mass is 16.5. The lowest BCUT2D eigenvalue weighted by molar-refractivity contribution is -0.150. The molecule has 3 N–H and O–H groups in total. The van der Waals surface area contributed by atoms with E-state index < -0.39 is 6.10 Å². The summed E-state index contributed by atoms with van der Waals surface area (Å²) in [5.41, 5.74) is 1.74. The van der Waals surface area contributed by atoms with Gasteiger partial charge in [0.25, 0.3) is 0 Å². The Bertz CT molecular complexity index is 942. The zero-order chi connectivity index (χ0) is 23.9. The van der Waals surface area contributed by atoms with Crippen LogP contribution in [0.5, 0.6) is 0 Å². The maximum atomic E-state index is 13.1. The van der Waals surface area contributed by atoms with Gasteiger partial charge in [-0.25, -0.2) is 4.79 Å². The molecule has 0 aliphatic carbocycles. The number of aliphatic hydroxyl groups excluding tert-OH is 1. The Morgan fingerprint density at radius 2 is 1.76 bits per heavy atom. The van der Waals surface area contributed by atoms with Crippen molar-refractivity contribution in [2.75, 3.05) is 25.1 Å². The molecule has 2 fully saturated rings. The van der Waals surface area contributed by atoms with Crippen molar-refractivity contribution in [1.82, 2.24) is 10.2 Å². The summed E-state index contributed by atoms with van der Waals surface area (Å²) in [6, 6.07) is 18.4. The van der Waals surface area contributed by atoms with Gasteiger partial charge in [0.15, 0.2) is 0 Å². The second-order valence-corrected chi connectivity index (χ2v) is 8.99. The Morgan fingerprint density at radius 3 is 2.50 bits per heavy atom. The Labute approximate surface area is 200 Å². The molecular formula is C26H33N3O5. The maximum absolute atomic E-state index is 13.1. The number of rotatable bonds is 5. The molecule has 2 heterocycles. The Hall–Kier alpha value is -2.94. The Balaban J connectivity index is 1.37. The summed E-state index contributed by atoms with van der Waals surface area (Å²) in [4.78, 5) is 27.4. The van der Waals surface area contributed by atoms with Gasteiger partial charge in [-0.2, -0.15) is 0 Å². The van der Waals surface area contributed by atoms with E-state index >= 15 is 0 Å². The molecule has 0 spiro atoms. The zero-order valence-electron chi connectivity index (χ0n) is 19.4. The summed E-state index contributed by atoms with van der Waals surface area (Å²) in [5, 5.41) is 16.2. The van der Waals surface area contributed by atoms with Crippen LogP contribution < -0.4 is 10.6 Å². The number of hydrogen-bond acceptors (Lipinski definition) is 5. The van der Waals surface area contributed by atoms with E-state index in [1.54, 1.807) is 4.90 Å². The van der Waals surface area contributed by atoms with Crippen LogP contribution >= 0.6 is 0 Å². The number of urea groups is 1. The van der Waals surface area contributed by atoms with Crippen LogP contribution in [0.1, 0.15) is 37.8 Å². The van der Waals surface area contributed by atoms with Crippen LogP contribution in [0.3, 0.4) is 0 Å². The SMILES string of the molecule is C[C@@H](NC(=O)C[C@@H]1CC[C@H]2[C@@H](COC[C@H](O)CN2C(=O)Nc2ccccc2)O1)c1ccccc1. The lowest BCUT2D eigenvalue weighted by Crippen LogP contribution is -2.58. The maximum Gasteiger partial charge on any atom is 0.322 e. The van der Waals surface area contributed by atoms with Crippen molar-refractivity contribution in [3.63, 3.8) is 0 Å². The third kappa shape index (κ3) is 6.34. The quantitative estimate of drug-likeness (QED) is 0.628. The van der Waals surface area contributed by atoms with Gasteiger partial charge < -0.3 is 30.1 Å². The second-order valence-electron chi connectivity index (χ2n) is 8.99. The number of fused-ring (bicyclic) bond motifs is 1. The van der Waals surface area contributed by atoms with Gasteiger partial charge in [-0.1, -0.05) is 48.5 Å². The van der Waals surface area contributed by atoms with Gasteiger partial charge in [0.1, 0.15) is 6.10 Å². The molecule has 0 saturated carbocycles. The molecule has 182 valence electrons. The average molecular weight is 468 g/mol. The van der Waals surface area contributed by atoms with Gasteiger partial charge in [0.05, 0.1) is 50.5 Å². The fraction of sp³-hybridized carbons (Fsp3) is 0.462. The third-order valence-corrected chi connectivity index (χ3v) is 6.36. The smallest absolute Gasteiger partial charge is 0.322 e. The van der Waals surface area contributed by atoms with E-state index in [9.17, 15) is 14.7 Å². The fourth-order valence-corrected chi connectivity index (χ4v) is 4.62. The number of aliphatic hydroxyl groups is 1. The van der Waals surface area contributed by atoms with E-state index in [4.69, 9.17) is 9.47 Å². The number of ether oxygens (including phenoxy) is 2. The van der Waals surface area contributed by atoms with E-state index in [1.807, 2.05) is 67.6 Å². The van der Waals surface area contributed by atoms with Crippen molar-refractivity contribution in [2.24, 2.45) is 0 Å². The first-order chi connectivity index (χ1) is 16.5. The van der Waals surface area contributed by atoms with E-state index in [-0.39, 0.29) is 62.4 Å². The minimum absolute atomic E-state index is 0.0688. The molecule has 0 bridgehead atoms. The normalized spacial score (nSPS) is 25.9. The van der Waals surface area contributed by atoms with Crippen molar-refractivity contribution >= 4 is 17.6 Å². The molecule has 0 aromatic heterocycles. The number of benzene rings is 2. The van der Waals surface area contributed by atoms with Crippen LogP contribution in [0, 0.1) is 0 Å². The number of amides is 3. The second kappa shape index (κ2) is 11.5. The molecular weight excluding hydrogens is 434 g/mol. The number of nitrogens with zero attached hydrogens (tertiary/aromatic N) is 1. The minimum Gasteiger partial charge on any atom is -0.389 e. The van der Waals surface area contributed by atoms with E-state index in [0.29, 0.717) is 18.5 Å². The molecule has 8 nitrogen and oxygen atoms in total. The summed E-state index contributed by atoms with van der Waals surface area (Å²) in [6.45, 7) is 2.50. The first-order valence-corrected chi connectivity index (χ1v) is 11.9. The molecule has 8 heteroatoms. The molecule has 34 heavy (non-hydrogen) atoms. The standard InChI is InChI=1S/C26H33N3O5/c1-18(19-8-4-2-5-9-19)27-25(31)14-22-12-13-23-24(34-22)17-33-16-21(30)15-29(23)26(32)28-20-10-6-3-7-11-20/h2-11,18,21-24,30H,12-17H2,1H3,(H,27,31)(H,28,32)/t18-,21-,22+,23+,24-/m1/s1. The number of carbonyl (C=O) groups is 2. The number of hydrogen-bond donors (Lipinski definition) is 3. The lowest BCUT2D eigenvalue weighted by atomic mass is 9.94. The van der Waals surface area contributed by atoms with Crippen LogP contribution in [0.25, 0.3) is 0 Å². The number of nitrogens with one attached hydrogen (secondary N) is 2. The average Bonchev–Trinajstić information content (AvgIpc) is 2.83. The largest absolute Gasteiger partial charge is 0.389 e. The van der Waals surface area contributed by atoms with Gasteiger partial charge in [-0.3, -0.25) is 4.79 Å². The predicted molar refractivity (Wildman–Crippen MR) is 128 cm³/mol. The van der Waals surface area contributed by atoms with Crippen LogP contribution in [-0.2, 0) is 14.3 Å². The molecule has 0 radical (unpaired) electrons. The number of carbonyl (C=O) groups excluding carboxylic acids is 2. The van der Waals surface area contributed by atoms with Gasteiger partial charge >= 0.3 is 6.03 Å². The lowest BCUT2D eigenvalue weighted by Gasteiger charge is -2.44. The Morgan fingerprint density at radius 1 is 1.06 bits per heavy atom. The molecule has 2 saturated heterocycles. The highest BCUT2D eigenvalue weighted by Gasteiger charge is 2.40. The number of para-hydroxylation sites is 1. The summed E-state index contributed by atoms with van der Waals surface area (Å²) in [6.07, 6.45) is 0.155. The van der Waals surface area contributed by atoms with E-state index in [0.717, 1.165) is 5.56 Å². The third-order valence-electron chi connectivity index (χ3n) is 6.36. The van der Waals surface area contributed by atoms with Crippen molar-refractivity contribution in [3.8, 4) is 0 Å². The first-order valence-electron chi connectivity index (χ1n) is 11.9. The van der Waals surface area contributed by atoms with Gasteiger partial charge in [0.2, 0.25) is 5.91 Å². The Kier molecular flexibility index (Phi) is 8.16. The molecule has 5 atom stereocenters. The summed E-state index contributed by atoms with van der Waals surface area (Å²) >= 11 is 0. The minimum atomic E-state index is -0.773. The van der Waals surface area contributed by atoms with E-state index in [2.05, 4.69) is 10.6 Å². The first kappa shape index (κ1) is 24.2. The monoisotopic (exact) mass is 467 g/mol. The van der Waals surface area contributed by atoms with E-state index in [1.165, 1.54) is 0 Å². The van der Waals surface area contributed by atoms with Gasteiger partial charge in [-0.05, 0) is 37.5 Å². The number of β-amino-alcohol motifs (C(OH)–C–C–N with tert-alkyl or cyclic N) is 1. The van der Waals surface area contributed by atoms with Crippen LogP contribution in [0.2, 0.25) is 0 Å². The highest BCUT2D eigenvalue weighted by Crippen LogP contribution is 2.28. The molecule has 2 aromatic rings. The summed E-state index contributed by atoms with van der Waals surface area (Å²) in [7, 11) is 0. The van der Waals surface area contributed by atoms with Crippen molar-refractivity contribution in [3.05, 3.63) is 66.2 Å². The molecule has 0 unspecified atom stereocenters. The van der Waals surface area contributed by atoms with Crippen LogP contribution in [0.4, 0.5) is 10.5 Å². The van der Waals surface area contributed by atoms with Gasteiger partial charge in [-0.15, -0.1) is 0 Å². The summed E-state index contributed by atoms with van der Waals surface area (Å²) in [5.74, 6) is -0.0688. The van der Waals surface area contributed by atoms with Crippen molar-refractivity contribution in [2.45, 2.75) is 56.6 Å². The topological polar surface area (TPSA) is 100 Å². The van der Waals surface area contributed by atoms with Gasteiger partial charge in [0, 0.05) is 5.69 Å². The number of anilines is 1. The molecule has 3 amide bonds.